The molecule has 1 aliphatic carbocycles. The number of rotatable bonds is 7. The van der Waals surface area contributed by atoms with Crippen LogP contribution < -0.4 is 11.1 Å². The Bertz CT molecular complexity index is 496. The zero-order valence-corrected chi connectivity index (χ0v) is 13.3. The molecule has 0 spiro atoms. The molecule has 6 heteroatoms. The van der Waals surface area contributed by atoms with E-state index in [4.69, 9.17) is 10.5 Å². The molecule has 0 aliphatic heterocycles. The summed E-state index contributed by atoms with van der Waals surface area (Å²) in [4.78, 5) is 10.9. The first-order chi connectivity index (χ1) is 9.79. The van der Waals surface area contributed by atoms with Crippen LogP contribution >= 0.6 is 0 Å². The maximum absolute atomic E-state index is 10.9. The summed E-state index contributed by atoms with van der Waals surface area (Å²) in [6.07, 6.45) is 4.81. The fourth-order valence-electron chi connectivity index (χ4n) is 2.61. The molecule has 0 aromatic carbocycles. The minimum absolute atomic E-state index is 0.0840. The van der Waals surface area contributed by atoms with Crippen molar-refractivity contribution in [3.05, 3.63) is 12.4 Å². The quantitative estimate of drug-likeness (QED) is 0.800. The molecule has 6 nitrogen and oxygen atoms in total. The van der Waals surface area contributed by atoms with Gasteiger partial charge in [-0.25, -0.2) is 0 Å². The molecule has 1 amide bonds. The lowest BCUT2D eigenvalue weighted by Crippen LogP contribution is -2.58. The first-order valence-electron chi connectivity index (χ1n) is 7.48. The predicted octanol–water partition coefficient (Wildman–Crippen LogP) is 1.62. The van der Waals surface area contributed by atoms with Crippen molar-refractivity contribution in [3.8, 4) is 0 Å². The molecular weight excluding hydrogens is 268 g/mol. The highest BCUT2D eigenvalue weighted by molar-refractivity contribution is 5.73. The second kappa shape index (κ2) is 6.05. The molecule has 2 rings (SSSR count). The first kappa shape index (κ1) is 15.8. The highest BCUT2D eigenvalue weighted by Gasteiger charge is 2.49. The summed E-state index contributed by atoms with van der Waals surface area (Å²) in [5.41, 5.74) is 6.15. The number of anilines is 1. The lowest BCUT2D eigenvalue weighted by molar-refractivity contribution is -0.118. The number of amides is 1. The topological polar surface area (TPSA) is 82.2 Å². The molecule has 1 aromatic heterocycles. The van der Waals surface area contributed by atoms with Gasteiger partial charge >= 0.3 is 0 Å². The van der Waals surface area contributed by atoms with E-state index in [1.807, 2.05) is 6.20 Å². The smallest absolute Gasteiger partial charge is 0.239 e. The van der Waals surface area contributed by atoms with Crippen LogP contribution in [0.5, 0.6) is 0 Å². The Hall–Kier alpha value is -1.56. The first-order valence-corrected chi connectivity index (χ1v) is 7.48. The van der Waals surface area contributed by atoms with E-state index in [-0.39, 0.29) is 18.1 Å². The van der Waals surface area contributed by atoms with Crippen LogP contribution in [0.3, 0.4) is 0 Å². The average Bonchev–Trinajstić information content (AvgIpc) is 2.79. The van der Waals surface area contributed by atoms with Gasteiger partial charge in [0.25, 0.3) is 0 Å². The van der Waals surface area contributed by atoms with E-state index >= 15 is 0 Å². The molecule has 2 unspecified atom stereocenters. The molecule has 1 heterocycles. The minimum atomic E-state index is -0.393. The molecule has 21 heavy (non-hydrogen) atoms. The number of carbonyl (C=O) groups is 1. The second-order valence-electron chi connectivity index (χ2n) is 6.86. The van der Waals surface area contributed by atoms with Crippen LogP contribution in [0.4, 0.5) is 5.69 Å². The van der Waals surface area contributed by atoms with Gasteiger partial charge in [-0.1, -0.05) is 27.7 Å². The molecule has 3 N–H and O–H groups in total. The van der Waals surface area contributed by atoms with Crippen molar-refractivity contribution < 1.29 is 9.53 Å². The summed E-state index contributed by atoms with van der Waals surface area (Å²) in [6.45, 7) is 9.66. The van der Waals surface area contributed by atoms with E-state index in [1.165, 1.54) is 0 Å². The summed E-state index contributed by atoms with van der Waals surface area (Å²) < 4.78 is 7.50. The van der Waals surface area contributed by atoms with Gasteiger partial charge in [-0.05, 0) is 12.3 Å². The number of primary amides is 1. The Morgan fingerprint density at radius 2 is 2.33 bits per heavy atom. The van der Waals surface area contributed by atoms with E-state index in [0.717, 1.165) is 18.7 Å². The summed E-state index contributed by atoms with van der Waals surface area (Å²) in [5.74, 6) is 0.163. The number of hydrogen-bond acceptors (Lipinski definition) is 4. The lowest BCUT2D eigenvalue weighted by atomic mass is 9.64. The molecule has 2 atom stereocenters. The van der Waals surface area contributed by atoms with Gasteiger partial charge in [-0.15, -0.1) is 0 Å². The van der Waals surface area contributed by atoms with Crippen molar-refractivity contribution in [1.29, 1.82) is 0 Å². The van der Waals surface area contributed by atoms with Crippen LogP contribution in [0, 0.1) is 11.3 Å². The van der Waals surface area contributed by atoms with Gasteiger partial charge in [0.15, 0.2) is 0 Å². The van der Waals surface area contributed by atoms with Crippen molar-refractivity contribution in [2.24, 2.45) is 17.1 Å². The van der Waals surface area contributed by atoms with Gasteiger partial charge < -0.3 is 15.8 Å². The highest BCUT2D eigenvalue weighted by atomic mass is 16.5. The fraction of sp³-hybridized carbons (Fsp3) is 0.733. The van der Waals surface area contributed by atoms with Crippen molar-refractivity contribution in [3.63, 3.8) is 0 Å². The van der Waals surface area contributed by atoms with Gasteiger partial charge in [0.1, 0.15) is 6.54 Å². The predicted molar refractivity (Wildman–Crippen MR) is 81.8 cm³/mol. The highest BCUT2D eigenvalue weighted by Crippen LogP contribution is 2.44. The number of ether oxygens (including phenoxy) is 1. The van der Waals surface area contributed by atoms with Crippen molar-refractivity contribution in [2.45, 2.75) is 52.8 Å². The van der Waals surface area contributed by atoms with E-state index in [0.29, 0.717) is 12.0 Å². The fourth-order valence-corrected chi connectivity index (χ4v) is 2.61. The summed E-state index contributed by atoms with van der Waals surface area (Å²) >= 11 is 0. The van der Waals surface area contributed by atoms with Gasteiger partial charge in [0, 0.05) is 24.3 Å². The van der Waals surface area contributed by atoms with E-state index in [2.05, 4.69) is 38.1 Å². The molecule has 1 fully saturated rings. The number of nitrogens with two attached hydrogens (primary N) is 1. The van der Waals surface area contributed by atoms with Gasteiger partial charge in [-0.2, -0.15) is 5.10 Å². The number of nitrogens with zero attached hydrogens (tertiary/aromatic N) is 2. The Morgan fingerprint density at radius 1 is 1.62 bits per heavy atom. The molecule has 1 aromatic rings. The number of nitrogens with one attached hydrogen (secondary N) is 1. The van der Waals surface area contributed by atoms with Crippen LogP contribution in [0.2, 0.25) is 0 Å². The summed E-state index contributed by atoms with van der Waals surface area (Å²) in [7, 11) is 0. The van der Waals surface area contributed by atoms with E-state index in [9.17, 15) is 4.79 Å². The SMILES string of the molecule is CC(C)COC1CC(Nc2cnn(CC(N)=O)c2)C1(C)C. The molecule has 1 aliphatic rings. The molecule has 0 bridgehead atoms. The van der Waals surface area contributed by atoms with Crippen molar-refractivity contribution >= 4 is 11.6 Å². The van der Waals surface area contributed by atoms with Crippen molar-refractivity contribution in [2.75, 3.05) is 11.9 Å². The zero-order chi connectivity index (χ0) is 15.6. The Morgan fingerprint density at radius 3 is 2.90 bits per heavy atom. The van der Waals surface area contributed by atoms with Crippen molar-refractivity contribution in [1.82, 2.24) is 9.78 Å². The molecular formula is C15H26N4O2. The maximum atomic E-state index is 10.9. The van der Waals surface area contributed by atoms with E-state index in [1.54, 1.807) is 10.9 Å². The largest absolute Gasteiger partial charge is 0.379 e. The third-order valence-electron chi connectivity index (χ3n) is 4.10. The minimum Gasteiger partial charge on any atom is -0.379 e. The monoisotopic (exact) mass is 294 g/mol. The van der Waals surface area contributed by atoms with Crippen LogP contribution in [-0.4, -0.2) is 34.4 Å². The summed E-state index contributed by atoms with van der Waals surface area (Å²) in [5, 5.41) is 7.58. The van der Waals surface area contributed by atoms with E-state index < -0.39 is 5.91 Å². The van der Waals surface area contributed by atoms with Gasteiger partial charge in [-0.3, -0.25) is 9.48 Å². The number of aromatic nitrogens is 2. The van der Waals surface area contributed by atoms with Crippen LogP contribution in [0.15, 0.2) is 12.4 Å². The van der Waals surface area contributed by atoms with Crippen LogP contribution in [0.1, 0.15) is 34.1 Å². The average molecular weight is 294 g/mol. The standard InChI is InChI=1S/C15H26N4O2/c1-10(2)9-21-13-5-12(15(13,3)4)18-11-6-17-19(7-11)8-14(16)20/h6-7,10,12-13,18H,5,8-9H2,1-4H3,(H2,16,20). The normalized spacial score (nSPS) is 23.9. The number of carbonyl (C=O) groups excluding carboxylic acids is 1. The maximum Gasteiger partial charge on any atom is 0.239 e. The van der Waals surface area contributed by atoms with Crippen LogP contribution in [0.25, 0.3) is 0 Å². The van der Waals surface area contributed by atoms with Gasteiger partial charge in [0.2, 0.25) is 5.91 Å². The lowest BCUT2D eigenvalue weighted by Gasteiger charge is -2.52. The third kappa shape index (κ3) is 3.75. The van der Waals surface area contributed by atoms with Gasteiger partial charge in [0.05, 0.1) is 18.0 Å². The Labute approximate surface area is 126 Å². The Balaban J connectivity index is 1.87. The molecule has 0 radical (unpaired) electrons. The summed E-state index contributed by atoms with van der Waals surface area (Å²) in [6, 6.07) is 0.348. The molecule has 0 saturated heterocycles. The molecule has 1 saturated carbocycles. The second-order valence-corrected chi connectivity index (χ2v) is 6.86. The third-order valence-corrected chi connectivity index (χ3v) is 4.10. The number of hydrogen-bond donors (Lipinski definition) is 2. The Kier molecular flexibility index (Phi) is 4.56. The van der Waals surface area contributed by atoms with Crippen LogP contribution in [-0.2, 0) is 16.1 Å². The zero-order valence-electron chi connectivity index (χ0n) is 13.3. The molecule has 118 valence electrons.